The van der Waals surface area contributed by atoms with E-state index in [1.165, 1.54) is 32.1 Å². The first kappa shape index (κ1) is 15.6. The van der Waals surface area contributed by atoms with Crippen molar-refractivity contribution in [3.63, 3.8) is 0 Å². The van der Waals surface area contributed by atoms with Gasteiger partial charge in [0.1, 0.15) is 0 Å². The van der Waals surface area contributed by atoms with Gasteiger partial charge in [0, 0.05) is 30.9 Å². The normalized spacial score (nSPS) is 28.5. The standard InChI is InChI=1S/C18H29N3O/c1-12-7-8-17-15(10-12)6-5-9-21(17)18(22)11-16-13(2)19-20(4)14(16)3/h12,15,17H,5-11H2,1-4H3/t12-,15+,17+/m0/s1. The van der Waals surface area contributed by atoms with Crippen molar-refractivity contribution in [3.05, 3.63) is 17.0 Å². The molecular formula is C18H29N3O. The molecule has 0 radical (unpaired) electrons. The number of carbonyl (C=O) groups is 1. The van der Waals surface area contributed by atoms with Crippen LogP contribution in [0.25, 0.3) is 0 Å². The van der Waals surface area contributed by atoms with Crippen molar-refractivity contribution in [2.24, 2.45) is 18.9 Å². The molecular weight excluding hydrogens is 274 g/mol. The molecule has 2 heterocycles. The van der Waals surface area contributed by atoms with E-state index in [2.05, 4.69) is 23.8 Å². The van der Waals surface area contributed by atoms with Crippen LogP contribution < -0.4 is 0 Å². The predicted octanol–water partition coefficient (Wildman–Crippen LogP) is 3.01. The van der Waals surface area contributed by atoms with Crippen molar-refractivity contribution in [1.29, 1.82) is 0 Å². The van der Waals surface area contributed by atoms with E-state index in [1.54, 1.807) is 0 Å². The van der Waals surface area contributed by atoms with Crippen molar-refractivity contribution in [3.8, 4) is 0 Å². The first-order valence-electron chi connectivity index (χ1n) is 8.76. The summed E-state index contributed by atoms with van der Waals surface area (Å²) in [6.45, 7) is 7.38. The molecule has 1 aromatic heterocycles. The van der Waals surface area contributed by atoms with Crippen LogP contribution in [-0.4, -0.2) is 33.2 Å². The van der Waals surface area contributed by atoms with Gasteiger partial charge < -0.3 is 4.90 Å². The van der Waals surface area contributed by atoms with Crippen LogP contribution in [0.4, 0.5) is 0 Å². The van der Waals surface area contributed by atoms with Crippen molar-refractivity contribution in [2.75, 3.05) is 6.54 Å². The summed E-state index contributed by atoms with van der Waals surface area (Å²) in [4.78, 5) is 15.1. The molecule has 3 atom stereocenters. The van der Waals surface area contributed by atoms with Crippen LogP contribution in [0.5, 0.6) is 0 Å². The molecule has 1 aromatic rings. The number of aryl methyl sites for hydroxylation is 2. The maximum atomic E-state index is 12.9. The first-order valence-corrected chi connectivity index (χ1v) is 8.76. The zero-order valence-corrected chi connectivity index (χ0v) is 14.4. The highest BCUT2D eigenvalue weighted by Gasteiger charge is 2.37. The Morgan fingerprint density at radius 2 is 2.05 bits per heavy atom. The zero-order chi connectivity index (χ0) is 15.9. The highest BCUT2D eigenvalue weighted by molar-refractivity contribution is 5.79. The van der Waals surface area contributed by atoms with Crippen molar-refractivity contribution >= 4 is 5.91 Å². The molecule has 4 nitrogen and oxygen atoms in total. The Labute approximate surface area is 133 Å². The van der Waals surface area contributed by atoms with Gasteiger partial charge in [0.25, 0.3) is 0 Å². The van der Waals surface area contributed by atoms with Gasteiger partial charge in [0.15, 0.2) is 0 Å². The summed E-state index contributed by atoms with van der Waals surface area (Å²) in [5.41, 5.74) is 3.25. The predicted molar refractivity (Wildman–Crippen MR) is 87.6 cm³/mol. The van der Waals surface area contributed by atoms with E-state index in [-0.39, 0.29) is 0 Å². The topological polar surface area (TPSA) is 38.1 Å². The lowest BCUT2D eigenvalue weighted by Gasteiger charge is -2.45. The lowest BCUT2D eigenvalue weighted by Crippen LogP contribution is -2.51. The number of fused-ring (bicyclic) bond motifs is 1. The van der Waals surface area contributed by atoms with Gasteiger partial charge in [-0.2, -0.15) is 5.10 Å². The molecule has 1 saturated heterocycles. The zero-order valence-electron chi connectivity index (χ0n) is 14.4. The van der Waals surface area contributed by atoms with Crippen LogP contribution >= 0.6 is 0 Å². The van der Waals surface area contributed by atoms with E-state index in [0.29, 0.717) is 18.4 Å². The molecule has 0 spiro atoms. The quantitative estimate of drug-likeness (QED) is 0.842. The molecule has 22 heavy (non-hydrogen) atoms. The molecule has 1 aliphatic heterocycles. The number of nitrogens with zero attached hydrogens (tertiary/aromatic N) is 3. The van der Waals surface area contributed by atoms with Crippen molar-refractivity contribution in [1.82, 2.24) is 14.7 Å². The molecule has 0 aromatic carbocycles. The molecule has 122 valence electrons. The fourth-order valence-electron chi connectivity index (χ4n) is 4.53. The van der Waals surface area contributed by atoms with Crippen LogP contribution in [0.3, 0.4) is 0 Å². The second kappa shape index (κ2) is 6.05. The summed E-state index contributed by atoms with van der Waals surface area (Å²) in [5.74, 6) is 1.88. The van der Waals surface area contributed by atoms with E-state index < -0.39 is 0 Å². The minimum atomic E-state index is 0.309. The van der Waals surface area contributed by atoms with Crippen molar-refractivity contribution in [2.45, 2.75) is 65.3 Å². The summed E-state index contributed by atoms with van der Waals surface area (Å²) >= 11 is 0. The van der Waals surface area contributed by atoms with Gasteiger partial charge in [-0.25, -0.2) is 0 Å². The Morgan fingerprint density at radius 3 is 2.73 bits per heavy atom. The number of hydrogen-bond acceptors (Lipinski definition) is 2. The smallest absolute Gasteiger partial charge is 0.227 e. The number of carbonyl (C=O) groups excluding carboxylic acids is 1. The molecule has 3 rings (SSSR count). The molecule has 4 heteroatoms. The van der Waals surface area contributed by atoms with Crippen LogP contribution in [-0.2, 0) is 18.3 Å². The van der Waals surface area contributed by atoms with E-state index in [4.69, 9.17) is 0 Å². The molecule has 2 fully saturated rings. The third kappa shape index (κ3) is 2.80. The fourth-order valence-corrected chi connectivity index (χ4v) is 4.53. The highest BCUT2D eigenvalue weighted by atomic mass is 16.2. The van der Waals surface area contributed by atoms with Crippen molar-refractivity contribution < 1.29 is 4.79 Å². The molecule has 0 unspecified atom stereocenters. The number of aromatic nitrogens is 2. The molecule has 1 amide bonds. The Hall–Kier alpha value is -1.32. The summed E-state index contributed by atoms with van der Waals surface area (Å²) < 4.78 is 1.89. The summed E-state index contributed by atoms with van der Waals surface area (Å²) in [6.07, 6.45) is 6.77. The number of amides is 1. The minimum Gasteiger partial charge on any atom is -0.339 e. The monoisotopic (exact) mass is 303 g/mol. The van der Waals surface area contributed by atoms with E-state index in [0.717, 1.165) is 35.3 Å². The van der Waals surface area contributed by atoms with Crippen LogP contribution in [0, 0.1) is 25.7 Å². The summed E-state index contributed by atoms with van der Waals surface area (Å²) in [5, 5.41) is 4.45. The second-order valence-corrected chi connectivity index (χ2v) is 7.42. The Balaban J connectivity index is 1.74. The number of hydrogen-bond donors (Lipinski definition) is 0. The second-order valence-electron chi connectivity index (χ2n) is 7.42. The number of rotatable bonds is 2. The van der Waals surface area contributed by atoms with Gasteiger partial charge in [-0.3, -0.25) is 9.48 Å². The number of piperidine rings is 1. The minimum absolute atomic E-state index is 0.309. The SMILES string of the molecule is Cc1nn(C)c(C)c1CC(=O)N1CCC[C@@H]2C[C@@H](C)CC[C@H]21. The Bertz CT molecular complexity index is 563. The third-order valence-electron chi connectivity index (χ3n) is 5.89. The largest absolute Gasteiger partial charge is 0.339 e. The van der Waals surface area contributed by atoms with Gasteiger partial charge in [-0.1, -0.05) is 6.92 Å². The van der Waals surface area contributed by atoms with E-state index in [9.17, 15) is 4.79 Å². The van der Waals surface area contributed by atoms with Gasteiger partial charge in [0.05, 0.1) is 12.1 Å². The van der Waals surface area contributed by atoms with Crippen LogP contribution in [0.2, 0.25) is 0 Å². The fraction of sp³-hybridized carbons (Fsp3) is 0.778. The molecule has 1 saturated carbocycles. The van der Waals surface area contributed by atoms with Gasteiger partial charge >= 0.3 is 0 Å². The maximum absolute atomic E-state index is 12.9. The highest BCUT2D eigenvalue weighted by Crippen LogP contribution is 2.38. The van der Waals surface area contributed by atoms with E-state index >= 15 is 0 Å². The molecule has 0 bridgehead atoms. The lowest BCUT2D eigenvalue weighted by molar-refractivity contribution is -0.137. The molecule has 1 aliphatic carbocycles. The van der Waals surface area contributed by atoms with Crippen LogP contribution in [0.1, 0.15) is 56.0 Å². The molecule has 0 N–H and O–H groups in total. The van der Waals surface area contributed by atoms with Gasteiger partial charge in [0.2, 0.25) is 5.91 Å². The van der Waals surface area contributed by atoms with Crippen LogP contribution in [0.15, 0.2) is 0 Å². The molecule has 2 aliphatic rings. The van der Waals surface area contributed by atoms with Gasteiger partial charge in [-0.15, -0.1) is 0 Å². The van der Waals surface area contributed by atoms with Gasteiger partial charge in [-0.05, 0) is 57.8 Å². The average molecular weight is 303 g/mol. The van der Waals surface area contributed by atoms with E-state index in [1.807, 2.05) is 18.7 Å². The summed E-state index contributed by atoms with van der Waals surface area (Å²) in [7, 11) is 1.95. The Morgan fingerprint density at radius 1 is 1.27 bits per heavy atom. The average Bonchev–Trinajstić information content (AvgIpc) is 2.72. The third-order valence-corrected chi connectivity index (χ3v) is 5.89. The first-order chi connectivity index (χ1) is 10.5. The number of likely N-dealkylation sites (tertiary alicyclic amines) is 1. The Kier molecular flexibility index (Phi) is 4.28. The lowest BCUT2D eigenvalue weighted by atomic mass is 9.74. The summed E-state index contributed by atoms with van der Waals surface area (Å²) in [6, 6.07) is 0.495. The maximum Gasteiger partial charge on any atom is 0.227 e.